The Morgan fingerprint density at radius 2 is 1.90 bits per heavy atom. The van der Waals surface area contributed by atoms with Crippen LogP contribution in [0.3, 0.4) is 0 Å². The Morgan fingerprint density at radius 3 is 2.50 bits per heavy atom. The van der Waals surface area contributed by atoms with Crippen molar-refractivity contribution in [1.82, 2.24) is 5.32 Å². The zero-order valence-electron chi connectivity index (χ0n) is 12.9. The summed E-state index contributed by atoms with van der Waals surface area (Å²) in [6.45, 7) is 9.74. The summed E-state index contributed by atoms with van der Waals surface area (Å²) < 4.78 is 1.18. The molecule has 2 aliphatic rings. The zero-order chi connectivity index (χ0) is 14.4. The highest BCUT2D eigenvalue weighted by Gasteiger charge is 2.53. The Labute approximate surface area is 131 Å². The fourth-order valence-corrected chi connectivity index (χ4v) is 5.33. The monoisotopic (exact) mass is 335 g/mol. The van der Waals surface area contributed by atoms with Crippen LogP contribution in [0.5, 0.6) is 0 Å². The lowest BCUT2D eigenvalue weighted by Crippen LogP contribution is -2.45. The third kappa shape index (κ3) is 2.46. The van der Waals surface area contributed by atoms with E-state index in [1.165, 1.54) is 35.8 Å². The van der Waals surface area contributed by atoms with Crippen LogP contribution >= 0.6 is 15.9 Å². The molecule has 2 fully saturated rings. The van der Waals surface area contributed by atoms with Crippen molar-refractivity contribution >= 4 is 15.9 Å². The molecule has 1 saturated carbocycles. The Kier molecular flexibility index (Phi) is 3.75. The smallest absolute Gasteiger partial charge is 0.0175 e. The van der Waals surface area contributed by atoms with Crippen molar-refractivity contribution in [3.63, 3.8) is 0 Å². The molecule has 2 heteroatoms. The molecule has 1 heterocycles. The molecule has 0 amide bonds. The maximum absolute atomic E-state index is 3.64. The summed E-state index contributed by atoms with van der Waals surface area (Å²) in [6, 6.07) is 9.04. The van der Waals surface area contributed by atoms with Crippen LogP contribution in [-0.4, -0.2) is 13.1 Å². The van der Waals surface area contributed by atoms with Gasteiger partial charge in [-0.3, -0.25) is 0 Å². The summed E-state index contributed by atoms with van der Waals surface area (Å²) >= 11 is 3.56. The molecule has 1 spiro atoms. The number of piperidine rings is 1. The van der Waals surface area contributed by atoms with Gasteiger partial charge in [0.15, 0.2) is 0 Å². The first-order valence-corrected chi connectivity index (χ1v) is 8.68. The van der Waals surface area contributed by atoms with Crippen LogP contribution < -0.4 is 5.32 Å². The summed E-state index contributed by atoms with van der Waals surface area (Å²) in [4.78, 5) is 0. The van der Waals surface area contributed by atoms with E-state index in [9.17, 15) is 0 Å². The average Bonchev–Trinajstić information content (AvgIpc) is 2.61. The fraction of sp³-hybridized carbons (Fsp3) is 0.667. The van der Waals surface area contributed by atoms with Crippen LogP contribution in [0.15, 0.2) is 28.7 Å². The van der Waals surface area contributed by atoms with Crippen molar-refractivity contribution in [2.75, 3.05) is 13.1 Å². The predicted molar refractivity (Wildman–Crippen MR) is 89.0 cm³/mol. The van der Waals surface area contributed by atoms with Crippen molar-refractivity contribution in [3.05, 3.63) is 34.3 Å². The maximum Gasteiger partial charge on any atom is 0.0175 e. The molecule has 1 aliphatic heterocycles. The molecular formula is C18H26BrN. The number of nitrogens with one attached hydrogen (secondary N) is 1. The van der Waals surface area contributed by atoms with Gasteiger partial charge in [-0.2, -0.15) is 0 Å². The van der Waals surface area contributed by atoms with E-state index in [2.05, 4.69) is 66.3 Å². The summed E-state index contributed by atoms with van der Waals surface area (Å²) in [6.07, 6.45) is 4.09. The number of rotatable bonds is 1. The van der Waals surface area contributed by atoms with Crippen molar-refractivity contribution < 1.29 is 0 Å². The van der Waals surface area contributed by atoms with Gasteiger partial charge in [0.1, 0.15) is 0 Å². The fourth-order valence-electron chi connectivity index (χ4n) is 5.06. The van der Waals surface area contributed by atoms with Crippen molar-refractivity contribution in [2.24, 2.45) is 16.7 Å². The Hall–Kier alpha value is -0.340. The van der Waals surface area contributed by atoms with Crippen molar-refractivity contribution in [3.8, 4) is 0 Å². The van der Waals surface area contributed by atoms with Gasteiger partial charge in [-0.1, -0.05) is 48.8 Å². The molecule has 1 N–H and O–H groups in total. The van der Waals surface area contributed by atoms with Gasteiger partial charge in [0.2, 0.25) is 0 Å². The lowest BCUT2D eigenvalue weighted by molar-refractivity contribution is 0.108. The van der Waals surface area contributed by atoms with Crippen LogP contribution in [0.25, 0.3) is 0 Å². The molecule has 1 aromatic carbocycles. The van der Waals surface area contributed by atoms with Crippen LogP contribution in [-0.2, 0) is 0 Å². The molecule has 1 aromatic rings. The lowest BCUT2D eigenvalue weighted by Gasteiger charge is -2.46. The summed E-state index contributed by atoms with van der Waals surface area (Å²) in [5.74, 6) is 1.49. The van der Waals surface area contributed by atoms with Gasteiger partial charge < -0.3 is 5.32 Å². The van der Waals surface area contributed by atoms with Gasteiger partial charge >= 0.3 is 0 Å². The third-order valence-electron chi connectivity index (χ3n) is 5.73. The van der Waals surface area contributed by atoms with Gasteiger partial charge in [-0.05, 0) is 60.3 Å². The molecule has 1 saturated heterocycles. The molecule has 0 bridgehead atoms. The summed E-state index contributed by atoms with van der Waals surface area (Å²) in [5, 5.41) is 3.64. The first kappa shape index (κ1) is 14.6. The molecule has 0 aromatic heterocycles. The minimum atomic E-state index is 0.503. The average molecular weight is 336 g/mol. The first-order chi connectivity index (χ1) is 9.43. The van der Waals surface area contributed by atoms with E-state index in [4.69, 9.17) is 0 Å². The maximum atomic E-state index is 3.64. The molecule has 1 nitrogen and oxygen atoms in total. The first-order valence-electron chi connectivity index (χ1n) is 7.89. The minimum absolute atomic E-state index is 0.503. The highest BCUT2D eigenvalue weighted by molar-refractivity contribution is 9.10. The summed E-state index contributed by atoms with van der Waals surface area (Å²) in [5.41, 5.74) is 2.53. The van der Waals surface area contributed by atoms with Crippen LogP contribution in [0.2, 0.25) is 0 Å². The second kappa shape index (κ2) is 5.14. The van der Waals surface area contributed by atoms with Crippen LogP contribution in [0.1, 0.15) is 51.5 Å². The van der Waals surface area contributed by atoms with E-state index in [1.807, 2.05) is 0 Å². The van der Waals surface area contributed by atoms with E-state index < -0.39 is 0 Å². The molecule has 3 unspecified atom stereocenters. The van der Waals surface area contributed by atoms with Gasteiger partial charge in [-0.25, -0.2) is 0 Å². The van der Waals surface area contributed by atoms with E-state index in [1.54, 1.807) is 0 Å². The molecular weight excluding hydrogens is 310 g/mol. The van der Waals surface area contributed by atoms with Gasteiger partial charge in [0, 0.05) is 16.9 Å². The van der Waals surface area contributed by atoms with Crippen molar-refractivity contribution in [2.45, 2.75) is 46.0 Å². The van der Waals surface area contributed by atoms with Gasteiger partial charge in [0.05, 0.1) is 0 Å². The standard InChI is InChI=1S/C18H26BrN/c1-13-10-17(2,3)12-18(13)8-9-20-11-16(18)14-4-6-15(19)7-5-14/h4-7,13,16,20H,8-12H2,1-3H3. The molecule has 3 atom stereocenters. The Balaban J connectivity index is 1.97. The number of benzene rings is 1. The highest BCUT2D eigenvalue weighted by atomic mass is 79.9. The van der Waals surface area contributed by atoms with Crippen molar-refractivity contribution in [1.29, 1.82) is 0 Å². The second-order valence-electron chi connectivity index (χ2n) is 7.74. The van der Waals surface area contributed by atoms with Crippen LogP contribution in [0, 0.1) is 16.7 Å². The predicted octanol–water partition coefficient (Wildman–Crippen LogP) is 4.97. The summed E-state index contributed by atoms with van der Waals surface area (Å²) in [7, 11) is 0. The van der Waals surface area contributed by atoms with E-state index in [-0.39, 0.29) is 0 Å². The zero-order valence-corrected chi connectivity index (χ0v) is 14.5. The Bertz CT molecular complexity index is 479. The lowest BCUT2D eigenvalue weighted by atomic mass is 9.62. The van der Waals surface area contributed by atoms with E-state index in [0.717, 1.165) is 12.5 Å². The SMILES string of the molecule is CC1CC(C)(C)CC12CCNCC2c1ccc(Br)cc1. The topological polar surface area (TPSA) is 12.0 Å². The molecule has 3 rings (SSSR count). The largest absolute Gasteiger partial charge is 0.316 e. The normalized spacial score (nSPS) is 36.4. The molecule has 20 heavy (non-hydrogen) atoms. The molecule has 110 valence electrons. The highest BCUT2D eigenvalue weighted by Crippen LogP contribution is 2.61. The number of halogens is 1. The van der Waals surface area contributed by atoms with E-state index >= 15 is 0 Å². The third-order valence-corrected chi connectivity index (χ3v) is 6.26. The quantitative estimate of drug-likeness (QED) is 0.764. The number of hydrogen-bond acceptors (Lipinski definition) is 1. The van der Waals surface area contributed by atoms with Gasteiger partial charge in [0.25, 0.3) is 0 Å². The van der Waals surface area contributed by atoms with Gasteiger partial charge in [-0.15, -0.1) is 0 Å². The van der Waals surface area contributed by atoms with E-state index in [0.29, 0.717) is 16.7 Å². The Morgan fingerprint density at radius 1 is 1.20 bits per heavy atom. The molecule has 1 aliphatic carbocycles. The van der Waals surface area contributed by atoms with Crippen LogP contribution in [0.4, 0.5) is 0 Å². The molecule has 0 radical (unpaired) electrons. The number of hydrogen-bond donors (Lipinski definition) is 1. The second-order valence-corrected chi connectivity index (χ2v) is 8.65. The minimum Gasteiger partial charge on any atom is -0.316 e.